The molecule has 0 aliphatic heterocycles. The summed E-state index contributed by atoms with van der Waals surface area (Å²) in [5.41, 5.74) is 2.00. The third-order valence-corrected chi connectivity index (χ3v) is 2.02. The summed E-state index contributed by atoms with van der Waals surface area (Å²) >= 11 is 0. The van der Waals surface area contributed by atoms with Crippen LogP contribution in [0.2, 0.25) is 0 Å². The van der Waals surface area contributed by atoms with Gasteiger partial charge in [-0.05, 0) is 25.5 Å². The lowest BCUT2D eigenvalue weighted by Crippen LogP contribution is -2.10. The Labute approximate surface area is 87.3 Å². The van der Waals surface area contributed by atoms with Crippen molar-refractivity contribution in [3.8, 4) is 0 Å². The Kier molecular flexibility index (Phi) is 4.00. The van der Waals surface area contributed by atoms with Gasteiger partial charge in [0.2, 0.25) is 0 Å². The van der Waals surface area contributed by atoms with E-state index >= 15 is 0 Å². The summed E-state index contributed by atoms with van der Waals surface area (Å²) in [5, 5.41) is 2.94. The number of halogens is 3. The molecule has 0 aromatic heterocycles. The first-order chi connectivity index (χ1) is 6.97. The Bertz CT molecular complexity index is 290. The predicted octanol–water partition coefficient (Wildman–Crippen LogP) is 3.75. The standard InChI is InChI=1S/C11H14F3N/c1-9-3-5-10(6-4-9)15-8-2-7-11(12,13)14/h3-6,15H,2,7-8H2,1H3. The minimum atomic E-state index is -4.05. The largest absolute Gasteiger partial charge is 0.389 e. The maximum atomic E-state index is 11.8. The fourth-order valence-electron chi connectivity index (χ4n) is 1.19. The maximum Gasteiger partial charge on any atom is 0.389 e. The monoisotopic (exact) mass is 217 g/mol. The summed E-state index contributed by atoms with van der Waals surface area (Å²) in [6.45, 7) is 2.32. The fraction of sp³-hybridized carbons (Fsp3) is 0.455. The topological polar surface area (TPSA) is 12.0 Å². The van der Waals surface area contributed by atoms with Gasteiger partial charge in [0.05, 0.1) is 0 Å². The van der Waals surface area contributed by atoms with Crippen LogP contribution in [0.1, 0.15) is 18.4 Å². The highest BCUT2D eigenvalue weighted by Crippen LogP contribution is 2.21. The summed E-state index contributed by atoms with van der Waals surface area (Å²) in [6.07, 6.45) is -4.67. The molecule has 15 heavy (non-hydrogen) atoms. The van der Waals surface area contributed by atoms with Crippen LogP contribution in [0.15, 0.2) is 24.3 Å². The molecule has 0 fully saturated rings. The molecule has 0 unspecified atom stereocenters. The Morgan fingerprint density at radius 3 is 2.27 bits per heavy atom. The van der Waals surface area contributed by atoms with Gasteiger partial charge in [-0.25, -0.2) is 0 Å². The number of rotatable bonds is 4. The first-order valence-corrected chi connectivity index (χ1v) is 4.85. The van der Waals surface area contributed by atoms with Crippen LogP contribution in [-0.4, -0.2) is 12.7 Å². The number of hydrogen-bond donors (Lipinski definition) is 1. The second-order valence-corrected chi connectivity index (χ2v) is 3.51. The zero-order chi connectivity index (χ0) is 11.3. The van der Waals surface area contributed by atoms with E-state index in [-0.39, 0.29) is 6.42 Å². The van der Waals surface area contributed by atoms with Gasteiger partial charge in [0.1, 0.15) is 0 Å². The number of alkyl halides is 3. The SMILES string of the molecule is Cc1ccc(NCCCC(F)(F)F)cc1. The second kappa shape index (κ2) is 5.05. The molecule has 0 heterocycles. The third kappa shape index (κ3) is 5.30. The number of aryl methyl sites for hydroxylation is 1. The molecule has 0 bridgehead atoms. The molecule has 1 rings (SSSR count). The van der Waals surface area contributed by atoms with E-state index in [1.807, 2.05) is 31.2 Å². The maximum absolute atomic E-state index is 11.8. The molecule has 1 N–H and O–H groups in total. The third-order valence-electron chi connectivity index (χ3n) is 2.02. The van der Waals surface area contributed by atoms with Crippen molar-refractivity contribution in [2.75, 3.05) is 11.9 Å². The normalized spacial score (nSPS) is 11.5. The molecule has 1 nitrogen and oxygen atoms in total. The summed E-state index contributed by atoms with van der Waals surface area (Å²) in [7, 11) is 0. The van der Waals surface area contributed by atoms with Crippen molar-refractivity contribution < 1.29 is 13.2 Å². The summed E-state index contributed by atoms with van der Waals surface area (Å²) < 4.78 is 35.4. The van der Waals surface area contributed by atoms with Crippen LogP contribution in [0.25, 0.3) is 0 Å². The summed E-state index contributed by atoms with van der Waals surface area (Å²) in [6, 6.07) is 7.57. The van der Waals surface area contributed by atoms with Crippen LogP contribution in [0.4, 0.5) is 18.9 Å². The van der Waals surface area contributed by atoms with Crippen LogP contribution in [0.3, 0.4) is 0 Å². The first-order valence-electron chi connectivity index (χ1n) is 4.85. The lowest BCUT2D eigenvalue weighted by Gasteiger charge is -2.08. The summed E-state index contributed by atoms with van der Waals surface area (Å²) in [5.74, 6) is 0. The number of benzene rings is 1. The molecular formula is C11H14F3N. The Balaban J connectivity index is 2.23. The number of hydrogen-bond acceptors (Lipinski definition) is 1. The van der Waals surface area contributed by atoms with Crippen molar-refractivity contribution >= 4 is 5.69 Å². The van der Waals surface area contributed by atoms with Gasteiger partial charge < -0.3 is 5.32 Å². The quantitative estimate of drug-likeness (QED) is 0.757. The van der Waals surface area contributed by atoms with Gasteiger partial charge in [-0.2, -0.15) is 13.2 Å². The molecule has 84 valence electrons. The average molecular weight is 217 g/mol. The van der Waals surface area contributed by atoms with E-state index in [9.17, 15) is 13.2 Å². The highest BCUT2D eigenvalue weighted by atomic mass is 19.4. The van der Waals surface area contributed by atoms with E-state index in [2.05, 4.69) is 5.32 Å². The van der Waals surface area contributed by atoms with E-state index in [0.717, 1.165) is 11.3 Å². The van der Waals surface area contributed by atoms with Gasteiger partial charge in [0, 0.05) is 18.7 Å². The van der Waals surface area contributed by atoms with E-state index in [1.54, 1.807) is 0 Å². The molecule has 1 aromatic rings. The zero-order valence-electron chi connectivity index (χ0n) is 8.56. The average Bonchev–Trinajstić information content (AvgIpc) is 2.14. The lowest BCUT2D eigenvalue weighted by atomic mass is 10.2. The van der Waals surface area contributed by atoms with Gasteiger partial charge in [0.15, 0.2) is 0 Å². The Morgan fingerprint density at radius 2 is 1.73 bits per heavy atom. The second-order valence-electron chi connectivity index (χ2n) is 3.51. The minimum Gasteiger partial charge on any atom is -0.385 e. The van der Waals surface area contributed by atoms with Crippen molar-refractivity contribution in [2.24, 2.45) is 0 Å². The summed E-state index contributed by atoms with van der Waals surface area (Å²) in [4.78, 5) is 0. The van der Waals surface area contributed by atoms with Gasteiger partial charge in [-0.3, -0.25) is 0 Å². The fourth-order valence-corrected chi connectivity index (χ4v) is 1.19. The molecule has 0 radical (unpaired) electrons. The molecule has 0 saturated heterocycles. The predicted molar refractivity (Wildman–Crippen MR) is 55.0 cm³/mol. The van der Waals surface area contributed by atoms with Crippen molar-refractivity contribution in [1.29, 1.82) is 0 Å². The molecule has 0 saturated carbocycles. The molecule has 0 aliphatic carbocycles. The van der Waals surface area contributed by atoms with Crippen LogP contribution in [0, 0.1) is 6.92 Å². The molecule has 1 aromatic carbocycles. The Morgan fingerprint density at radius 1 is 1.13 bits per heavy atom. The smallest absolute Gasteiger partial charge is 0.385 e. The molecule has 0 atom stereocenters. The van der Waals surface area contributed by atoms with E-state index in [0.29, 0.717) is 6.54 Å². The van der Waals surface area contributed by atoms with Crippen LogP contribution < -0.4 is 5.32 Å². The van der Waals surface area contributed by atoms with Gasteiger partial charge in [-0.15, -0.1) is 0 Å². The highest BCUT2D eigenvalue weighted by Gasteiger charge is 2.25. The minimum absolute atomic E-state index is 0.109. The van der Waals surface area contributed by atoms with Crippen molar-refractivity contribution in [3.05, 3.63) is 29.8 Å². The first kappa shape index (κ1) is 11.9. The lowest BCUT2D eigenvalue weighted by molar-refractivity contribution is -0.134. The van der Waals surface area contributed by atoms with Crippen LogP contribution >= 0.6 is 0 Å². The van der Waals surface area contributed by atoms with Gasteiger partial charge in [-0.1, -0.05) is 17.7 Å². The number of nitrogens with one attached hydrogen (secondary N) is 1. The zero-order valence-corrected chi connectivity index (χ0v) is 8.56. The molecule has 4 heteroatoms. The highest BCUT2D eigenvalue weighted by molar-refractivity contribution is 5.44. The molecule has 0 aliphatic rings. The van der Waals surface area contributed by atoms with Crippen LogP contribution in [-0.2, 0) is 0 Å². The molecule has 0 spiro atoms. The molecule has 0 amide bonds. The van der Waals surface area contributed by atoms with E-state index < -0.39 is 12.6 Å². The van der Waals surface area contributed by atoms with Crippen LogP contribution in [0.5, 0.6) is 0 Å². The van der Waals surface area contributed by atoms with E-state index in [4.69, 9.17) is 0 Å². The van der Waals surface area contributed by atoms with E-state index in [1.165, 1.54) is 0 Å². The molecular weight excluding hydrogens is 203 g/mol. The van der Waals surface area contributed by atoms with Gasteiger partial charge in [0.25, 0.3) is 0 Å². The number of anilines is 1. The van der Waals surface area contributed by atoms with Gasteiger partial charge >= 0.3 is 6.18 Å². The van der Waals surface area contributed by atoms with Crippen molar-refractivity contribution in [2.45, 2.75) is 25.9 Å². The van der Waals surface area contributed by atoms with Crippen molar-refractivity contribution in [1.82, 2.24) is 0 Å². The Hall–Kier alpha value is -1.19. The van der Waals surface area contributed by atoms with Crippen molar-refractivity contribution in [3.63, 3.8) is 0 Å².